The Morgan fingerprint density at radius 3 is 2.58 bits per heavy atom. The molecular weight excluding hydrogens is 302 g/mol. The highest BCUT2D eigenvalue weighted by atomic mass is 16.5. The van der Waals surface area contributed by atoms with E-state index in [1.807, 2.05) is 36.1 Å². The van der Waals surface area contributed by atoms with Gasteiger partial charge in [-0.25, -0.2) is 0 Å². The second kappa shape index (κ2) is 6.60. The maximum absolute atomic E-state index is 12.7. The smallest absolute Gasteiger partial charge is 0.227 e. The maximum atomic E-state index is 12.7. The lowest BCUT2D eigenvalue weighted by atomic mass is 9.95. The number of rotatable bonds is 4. The fourth-order valence-electron chi connectivity index (χ4n) is 3.72. The number of fused-ring (bicyclic) bond motifs is 1. The Bertz CT molecular complexity index is 724. The zero-order valence-corrected chi connectivity index (χ0v) is 14.3. The molecule has 2 heterocycles. The molecule has 0 N–H and O–H groups in total. The van der Waals surface area contributed by atoms with Gasteiger partial charge in [0.25, 0.3) is 0 Å². The lowest BCUT2D eigenvalue weighted by Gasteiger charge is -2.36. The monoisotopic (exact) mass is 327 g/mol. The molecule has 0 bridgehead atoms. The van der Waals surface area contributed by atoms with Crippen molar-refractivity contribution in [3.63, 3.8) is 0 Å². The van der Waals surface area contributed by atoms with Crippen LogP contribution in [0.2, 0.25) is 0 Å². The Balaban J connectivity index is 1.37. The number of likely N-dealkylation sites (tertiary alicyclic amines) is 1. The first-order valence-electron chi connectivity index (χ1n) is 9.11. The third-order valence-electron chi connectivity index (χ3n) is 5.46. The number of hydrogen-bond acceptors (Lipinski definition) is 3. The molecule has 4 heteroatoms. The Hall–Kier alpha value is -1.81. The van der Waals surface area contributed by atoms with Crippen LogP contribution < -0.4 is 0 Å². The molecule has 2 aliphatic rings. The van der Waals surface area contributed by atoms with Crippen molar-refractivity contribution >= 4 is 16.9 Å². The van der Waals surface area contributed by atoms with Crippen molar-refractivity contribution in [2.24, 2.45) is 0 Å². The van der Waals surface area contributed by atoms with Gasteiger partial charge in [0.2, 0.25) is 5.91 Å². The minimum atomic E-state index is 0.201. The van der Waals surface area contributed by atoms with Gasteiger partial charge in [0, 0.05) is 24.0 Å². The SMILES string of the molecule is Cc1oc2ccccc2c1CC(=O)N1CCC(OC2CCC2)CC1. The van der Waals surface area contributed by atoms with Crippen molar-refractivity contribution < 1.29 is 13.9 Å². The van der Waals surface area contributed by atoms with Gasteiger partial charge >= 0.3 is 0 Å². The van der Waals surface area contributed by atoms with Crippen LogP contribution in [-0.4, -0.2) is 36.1 Å². The minimum Gasteiger partial charge on any atom is -0.461 e. The van der Waals surface area contributed by atoms with Gasteiger partial charge in [0.05, 0.1) is 18.6 Å². The van der Waals surface area contributed by atoms with Crippen LogP contribution in [0.5, 0.6) is 0 Å². The topological polar surface area (TPSA) is 42.7 Å². The summed E-state index contributed by atoms with van der Waals surface area (Å²) < 4.78 is 11.9. The molecular formula is C20H25NO3. The van der Waals surface area contributed by atoms with E-state index in [-0.39, 0.29) is 5.91 Å². The number of carbonyl (C=O) groups is 1. The van der Waals surface area contributed by atoms with Crippen molar-refractivity contribution in [3.8, 4) is 0 Å². The number of hydrogen-bond donors (Lipinski definition) is 0. The summed E-state index contributed by atoms with van der Waals surface area (Å²) in [6.45, 7) is 3.57. The second-order valence-corrected chi connectivity index (χ2v) is 7.08. The molecule has 2 aromatic rings. The summed E-state index contributed by atoms with van der Waals surface area (Å²) in [6.07, 6.45) is 6.92. The van der Waals surface area contributed by atoms with E-state index in [0.717, 1.165) is 48.2 Å². The molecule has 1 amide bonds. The summed E-state index contributed by atoms with van der Waals surface area (Å²) in [5, 5.41) is 1.06. The van der Waals surface area contributed by atoms with Crippen molar-refractivity contribution in [1.82, 2.24) is 4.90 Å². The average Bonchev–Trinajstić information content (AvgIpc) is 2.87. The predicted molar refractivity (Wildman–Crippen MR) is 93.0 cm³/mol. The Morgan fingerprint density at radius 2 is 1.88 bits per heavy atom. The first kappa shape index (κ1) is 15.7. The van der Waals surface area contributed by atoms with Crippen molar-refractivity contribution in [1.29, 1.82) is 0 Å². The van der Waals surface area contributed by atoms with Gasteiger partial charge < -0.3 is 14.1 Å². The Morgan fingerprint density at radius 1 is 1.17 bits per heavy atom. The second-order valence-electron chi connectivity index (χ2n) is 7.08. The molecule has 1 saturated heterocycles. The van der Waals surface area contributed by atoms with E-state index >= 15 is 0 Å². The first-order chi connectivity index (χ1) is 11.7. The fraction of sp³-hybridized carbons (Fsp3) is 0.550. The molecule has 4 rings (SSSR count). The number of para-hydroxylation sites is 1. The highest BCUT2D eigenvalue weighted by molar-refractivity contribution is 5.88. The van der Waals surface area contributed by atoms with Gasteiger partial charge in [-0.05, 0) is 45.1 Å². The summed E-state index contributed by atoms with van der Waals surface area (Å²) in [4.78, 5) is 14.7. The Kier molecular flexibility index (Phi) is 4.31. The number of benzene rings is 1. The summed E-state index contributed by atoms with van der Waals surface area (Å²) in [5.74, 6) is 1.06. The van der Waals surface area contributed by atoms with E-state index in [1.54, 1.807) is 0 Å². The average molecular weight is 327 g/mol. The summed E-state index contributed by atoms with van der Waals surface area (Å²) >= 11 is 0. The molecule has 0 radical (unpaired) electrons. The summed E-state index contributed by atoms with van der Waals surface area (Å²) in [5.41, 5.74) is 1.90. The van der Waals surface area contributed by atoms with E-state index in [0.29, 0.717) is 18.6 Å². The lowest BCUT2D eigenvalue weighted by Crippen LogP contribution is -2.43. The summed E-state index contributed by atoms with van der Waals surface area (Å²) in [7, 11) is 0. The van der Waals surface area contributed by atoms with Crippen LogP contribution in [0.4, 0.5) is 0 Å². The standard InChI is InChI=1S/C20H25NO3/c1-14-18(17-7-2-3-8-19(17)23-14)13-20(22)21-11-9-16(10-12-21)24-15-5-4-6-15/h2-3,7-8,15-16H,4-6,9-13H2,1H3. The normalized spacial score (nSPS) is 19.6. The molecule has 24 heavy (non-hydrogen) atoms. The molecule has 1 saturated carbocycles. The van der Waals surface area contributed by atoms with Gasteiger partial charge in [-0.1, -0.05) is 18.2 Å². The zero-order valence-electron chi connectivity index (χ0n) is 14.3. The molecule has 1 aliphatic carbocycles. The number of piperidine rings is 1. The lowest BCUT2D eigenvalue weighted by molar-refractivity contribution is -0.135. The van der Waals surface area contributed by atoms with Crippen LogP contribution in [0, 0.1) is 6.92 Å². The quantitative estimate of drug-likeness (QED) is 0.857. The number of amides is 1. The number of nitrogens with zero attached hydrogens (tertiary/aromatic N) is 1. The van der Waals surface area contributed by atoms with Crippen LogP contribution in [0.25, 0.3) is 11.0 Å². The van der Waals surface area contributed by atoms with Gasteiger partial charge in [-0.15, -0.1) is 0 Å². The number of aryl methyl sites for hydroxylation is 1. The Labute approximate surface area is 142 Å². The molecule has 128 valence electrons. The zero-order chi connectivity index (χ0) is 16.5. The van der Waals surface area contributed by atoms with Gasteiger partial charge in [-0.3, -0.25) is 4.79 Å². The first-order valence-corrected chi connectivity index (χ1v) is 9.11. The molecule has 0 atom stereocenters. The molecule has 1 aromatic carbocycles. The van der Waals surface area contributed by atoms with E-state index < -0.39 is 0 Å². The van der Waals surface area contributed by atoms with Gasteiger partial charge in [-0.2, -0.15) is 0 Å². The number of ether oxygens (including phenoxy) is 1. The molecule has 4 nitrogen and oxygen atoms in total. The number of furan rings is 1. The van der Waals surface area contributed by atoms with Crippen molar-refractivity contribution in [2.75, 3.05) is 13.1 Å². The molecule has 2 fully saturated rings. The van der Waals surface area contributed by atoms with Crippen LogP contribution in [0.1, 0.15) is 43.4 Å². The third kappa shape index (κ3) is 3.07. The molecule has 1 aromatic heterocycles. The highest BCUT2D eigenvalue weighted by Crippen LogP contribution is 2.28. The van der Waals surface area contributed by atoms with Crippen molar-refractivity contribution in [3.05, 3.63) is 35.6 Å². The highest BCUT2D eigenvalue weighted by Gasteiger charge is 2.28. The van der Waals surface area contributed by atoms with Gasteiger partial charge in [0.15, 0.2) is 0 Å². The van der Waals surface area contributed by atoms with E-state index in [1.165, 1.54) is 19.3 Å². The third-order valence-corrected chi connectivity index (χ3v) is 5.46. The van der Waals surface area contributed by atoms with Crippen molar-refractivity contribution in [2.45, 2.75) is 57.7 Å². The van der Waals surface area contributed by atoms with Crippen LogP contribution in [0.15, 0.2) is 28.7 Å². The summed E-state index contributed by atoms with van der Waals surface area (Å²) in [6, 6.07) is 7.95. The van der Waals surface area contributed by atoms with Crippen LogP contribution in [-0.2, 0) is 16.0 Å². The largest absolute Gasteiger partial charge is 0.461 e. The van der Waals surface area contributed by atoms with E-state index in [4.69, 9.17) is 9.15 Å². The fourth-order valence-corrected chi connectivity index (χ4v) is 3.72. The van der Waals surface area contributed by atoms with E-state index in [2.05, 4.69) is 0 Å². The predicted octanol–water partition coefficient (Wildman–Crippen LogP) is 3.84. The molecule has 1 aliphatic heterocycles. The van der Waals surface area contributed by atoms with E-state index in [9.17, 15) is 4.79 Å². The minimum absolute atomic E-state index is 0.201. The number of carbonyl (C=O) groups excluding carboxylic acids is 1. The van der Waals surface area contributed by atoms with Crippen LogP contribution >= 0.6 is 0 Å². The molecule has 0 unspecified atom stereocenters. The van der Waals surface area contributed by atoms with Crippen LogP contribution in [0.3, 0.4) is 0 Å². The van der Waals surface area contributed by atoms with Gasteiger partial charge in [0.1, 0.15) is 11.3 Å². The molecule has 0 spiro atoms. The maximum Gasteiger partial charge on any atom is 0.227 e.